The molecule has 180 valence electrons. The Morgan fingerprint density at radius 1 is 0.971 bits per heavy atom. The van der Waals surface area contributed by atoms with Crippen molar-refractivity contribution in [3.8, 4) is 11.3 Å². The fraction of sp³-hybridized carbons (Fsp3) is 0.320. The molecule has 0 saturated carbocycles. The Labute approximate surface area is 199 Å². The van der Waals surface area contributed by atoms with Crippen LogP contribution in [0.2, 0.25) is 0 Å². The van der Waals surface area contributed by atoms with E-state index in [2.05, 4.69) is 10.4 Å². The van der Waals surface area contributed by atoms with E-state index in [0.717, 1.165) is 11.1 Å². The van der Waals surface area contributed by atoms with Crippen LogP contribution in [0.25, 0.3) is 11.3 Å². The molecule has 8 nitrogen and oxygen atoms in total. The largest absolute Gasteiger partial charge is 0.462 e. The number of rotatable bonds is 8. The molecule has 0 spiro atoms. The zero-order chi connectivity index (χ0) is 25.0. The van der Waals surface area contributed by atoms with Gasteiger partial charge in [0.15, 0.2) is 15.1 Å². The van der Waals surface area contributed by atoms with E-state index >= 15 is 0 Å². The number of benzene rings is 2. The van der Waals surface area contributed by atoms with Crippen LogP contribution >= 0.6 is 0 Å². The Bertz CT molecular complexity index is 1270. The number of esters is 1. The van der Waals surface area contributed by atoms with Gasteiger partial charge in [0.2, 0.25) is 0 Å². The van der Waals surface area contributed by atoms with Gasteiger partial charge in [-0.3, -0.25) is 14.3 Å². The van der Waals surface area contributed by atoms with Gasteiger partial charge in [0.1, 0.15) is 5.69 Å². The molecule has 0 radical (unpaired) electrons. The van der Waals surface area contributed by atoms with Gasteiger partial charge >= 0.3 is 5.97 Å². The van der Waals surface area contributed by atoms with Crippen LogP contribution in [-0.2, 0) is 26.4 Å². The highest BCUT2D eigenvalue weighted by Crippen LogP contribution is 2.22. The highest BCUT2D eigenvalue weighted by molar-refractivity contribution is 7.92. The van der Waals surface area contributed by atoms with E-state index in [1.165, 1.54) is 23.7 Å². The molecular formula is C25H29N3O5S. The number of sulfone groups is 1. The molecule has 9 heteroatoms. The van der Waals surface area contributed by atoms with Crippen molar-refractivity contribution in [2.75, 3.05) is 0 Å². The van der Waals surface area contributed by atoms with Gasteiger partial charge in [0.25, 0.3) is 5.91 Å². The van der Waals surface area contributed by atoms with Crippen LogP contribution in [0.4, 0.5) is 0 Å². The van der Waals surface area contributed by atoms with Crippen molar-refractivity contribution >= 4 is 21.7 Å². The lowest BCUT2D eigenvalue weighted by Gasteiger charge is -2.17. The number of carbonyl (C=O) groups is 2. The van der Waals surface area contributed by atoms with E-state index in [4.69, 9.17) is 4.74 Å². The van der Waals surface area contributed by atoms with Gasteiger partial charge in [-0.1, -0.05) is 42.5 Å². The topological polar surface area (TPSA) is 107 Å². The normalized spacial score (nSPS) is 13.4. The van der Waals surface area contributed by atoms with Crippen molar-refractivity contribution in [1.29, 1.82) is 0 Å². The molecule has 0 aliphatic carbocycles. The molecule has 2 unspecified atom stereocenters. The molecule has 34 heavy (non-hydrogen) atoms. The number of amides is 1. The summed E-state index contributed by atoms with van der Waals surface area (Å²) in [6.45, 7) is 6.44. The maximum absolute atomic E-state index is 12.9. The molecule has 2 aromatic carbocycles. The van der Waals surface area contributed by atoms with Crippen LogP contribution in [0.3, 0.4) is 0 Å². The van der Waals surface area contributed by atoms with Crippen LogP contribution < -0.4 is 5.32 Å². The molecule has 1 heterocycles. The van der Waals surface area contributed by atoms with Crippen LogP contribution in [0.1, 0.15) is 49.8 Å². The molecule has 0 bridgehead atoms. The second kappa shape index (κ2) is 10.2. The van der Waals surface area contributed by atoms with E-state index in [1.54, 1.807) is 46.0 Å². The van der Waals surface area contributed by atoms with E-state index in [-0.39, 0.29) is 16.8 Å². The average Bonchev–Trinajstić information content (AvgIpc) is 3.20. The van der Waals surface area contributed by atoms with Gasteiger partial charge in [0, 0.05) is 12.6 Å². The van der Waals surface area contributed by atoms with Crippen molar-refractivity contribution in [2.45, 2.75) is 50.0 Å². The quantitative estimate of drug-likeness (QED) is 0.490. The first-order valence-electron chi connectivity index (χ1n) is 11.0. The predicted octanol–water partition coefficient (Wildman–Crippen LogP) is 3.69. The summed E-state index contributed by atoms with van der Waals surface area (Å²) in [5.74, 6) is -1.09. The molecule has 0 fully saturated rings. The third-order valence-corrected chi connectivity index (χ3v) is 7.44. The van der Waals surface area contributed by atoms with E-state index in [0.29, 0.717) is 11.4 Å². The van der Waals surface area contributed by atoms with Crippen LogP contribution in [0.15, 0.2) is 65.6 Å². The molecule has 3 aromatic rings. The van der Waals surface area contributed by atoms with Gasteiger partial charge < -0.3 is 10.1 Å². The Morgan fingerprint density at radius 3 is 2.18 bits per heavy atom. The monoisotopic (exact) mass is 483 g/mol. The van der Waals surface area contributed by atoms with Crippen molar-refractivity contribution in [3.05, 3.63) is 71.9 Å². The molecule has 0 saturated heterocycles. The summed E-state index contributed by atoms with van der Waals surface area (Å²) in [6.07, 6.45) is -0.403. The number of hydrogen-bond donors (Lipinski definition) is 1. The summed E-state index contributed by atoms with van der Waals surface area (Å²) in [5, 5.41) is 6.02. The number of carbonyl (C=O) groups excluding carboxylic acids is 2. The summed E-state index contributed by atoms with van der Waals surface area (Å²) in [7, 11) is -2.19. The first-order valence-corrected chi connectivity index (χ1v) is 12.5. The smallest absolute Gasteiger partial charge is 0.324 e. The first kappa shape index (κ1) is 25.2. The number of ether oxygens (including phenoxy) is 1. The highest BCUT2D eigenvalue weighted by Gasteiger charge is 2.31. The average molecular weight is 484 g/mol. The van der Waals surface area contributed by atoms with Gasteiger partial charge in [0.05, 0.1) is 22.7 Å². The highest BCUT2D eigenvalue weighted by atomic mass is 32.2. The Morgan fingerprint density at radius 2 is 1.59 bits per heavy atom. The van der Waals surface area contributed by atoms with E-state index in [1.807, 2.05) is 30.3 Å². The molecule has 1 N–H and O–H groups in total. The second-order valence-electron chi connectivity index (χ2n) is 8.34. The van der Waals surface area contributed by atoms with Gasteiger partial charge in [-0.05, 0) is 51.5 Å². The molecule has 0 aliphatic rings. The third-order valence-electron chi connectivity index (χ3n) is 5.39. The van der Waals surface area contributed by atoms with Gasteiger partial charge in [-0.2, -0.15) is 5.10 Å². The fourth-order valence-electron chi connectivity index (χ4n) is 3.39. The number of aromatic nitrogens is 2. The van der Waals surface area contributed by atoms with Crippen molar-refractivity contribution in [3.63, 3.8) is 0 Å². The molecule has 2 atom stereocenters. The molecular weight excluding hydrogens is 454 g/mol. The maximum atomic E-state index is 12.9. The molecule has 1 aromatic heterocycles. The summed E-state index contributed by atoms with van der Waals surface area (Å²) >= 11 is 0. The lowest BCUT2D eigenvalue weighted by atomic mass is 10.1. The second-order valence-corrected chi connectivity index (χ2v) is 10.6. The van der Waals surface area contributed by atoms with Crippen molar-refractivity contribution < 1.29 is 22.7 Å². The standard InChI is InChI=1S/C25H29N3O5S/c1-16(2)33-25(30)18(4)34(31,32)21-13-11-19(12-14-21)17(3)26-24(29)23-15-22(27-28(23)5)20-9-7-6-8-10-20/h6-18H,1-5H3,(H,26,29). The fourth-order valence-corrected chi connectivity index (χ4v) is 4.62. The molecule has 3 rings (SSSR count). The van der Waals surface area contributed by atoms with Gasteiger partial charge in [-0.15, -0.1) is 0 Å². The minimum atomic E-state index is -3.90. The minimum Gasteiger partial charge on any atom is -0.462 e. The zero-order valence-electron chi connectivity index (χ0n) is 19.8. The zero-order valence-corrected chi connectivity index (χ0v) is 20.7. The van der Waals surface area contributed by atoms with Gasteiger partial charge in [-0.25, -0.2) is 8.42 Å². The lowest BCUT2D eigenvalue weighted by Crippen LogP contribution is -2.31. The number of nitrogens with one attached hydrogen (secondary N) is 1. The molecule has 0 aliphatic heterocycles. The Kier molecular flexibility index (Phi) is 7.56. The van der Waals surface area contributed by atoms with Crippen molar-refractivity contribution in [2.24, 2.45) is 7.05 Å². The minimum absolute atomic E-state index is 0.0159. The van der Waals surface area contributed by atoms with Crippen molar-refractivity contribution in [1.82, 2.24) is 15.1 Å². The summed E-state index contributed by atoms with van der Waals surface area (Å²) < 4.78 is 32.1. The summed E-state index contributed by atoms with van der Waals surface area (Å²) in [6, 6.07) is 17.0. The van der Waals surface area contributed by atoms with E-state index < -0.39 is 27.2 Å². The summed E-state index contributed by atoms with van der Waals surface area (Å²) in [5.41, 5.74) is 2.73. The number of hydrogen-bond acceptors (Lipinski definition) is 6. The number of aryl methyl sites for hydroxylation is 1. The SMILES string of the molecule is CC(C)OC(=O)C(C)S(=O)(=O)c1ccc(C(C)NC(=O)c2cc(-c3ccccc3)nn2C)cc1. The number of nitrogens with zero attached hydrogens (tertiary/aromatic N) is 2. The summed E-state index contributed by atoms with van der Waals surface area (Å²) in [4.78, 5) is 24.9. The Balaban J connectivity index is 1.72. The lowest BCUT2D eigenvalue weighted by molar-refractivity contribution is -0.146. The van der Waals surface area contributed by atoms with E-state index in [9.17, 15) is 18.0 Å². The van der Waals surface area contributed by atoms with Crippen LogP contribution in [-0.4, -0.2) is 41.4 Å². The predicted molar refractivity (Wildman–Crippen MR) is 129 cm³/mol. The maximum Gasteiger partial charge on any atom is 0.324 e. The third kappa shape index (κ3) is 5.53. The van der Waals surface area contributed by atoms with Crippen LogP contribution in [0, 0.1) is 0 Å². The Hall–Kier alpha value is -3.46. The first-order chi connectivity index (χ1) is 16.0. The van der Waals surface area contributed by atoms with Crippen LogP contribution in [0.5, 0.6) is 0 Å². The molecule has 1 amide bonds.